The summed E-state index contributed by atoms with van der Waals surface area (Å²) in [6.45, 7) is 5.52. The molecule has 0 saturated heterocycles. The van der Waals surface area contributed by atoms with Gasteiger partial charge < -0.3 is 16.4 Å². The number of carbonyl (C=O) groups is 1. The second kappa shape index (κ2) is 6.54. The Morgan fingerprint density at radius 2 is 2.05 bits per heavy atom. The van der Waals surface area contributed by atoms with E-state index < -0.39 is 0 Å². The van der Waals surface area contributed by atoms with Crippen molar-refractivity contribution in [1.29, 1.82) is 0 Å². The minimum atomic E-state index is -0.348. The zero-order valence-electron chi connectivity index (χ0n) is 12.5. The maximum atomic E-state index is 11.4. The van der Waals surface area contributed by atoms with Crippen molar-refractivity contribution in [2.24, 2.45) is 17.4 Å². The lowest BCUT2D eigenvalue weighted by atomic mass is 10.1. The van der Waals surface area contributed by atoms with E-state index >= 15 is 0 Å². The molecule has 112 valence electrons. The van der Waals surface area contributed by atoms with Gasteiger partial charge in [-0.05, 0) is 12.0 Å². The van der Waals surface area contributed by atoms with Crippen LogP contribution in [0.1, 0.15) is 19.4 Å². The normalized spacial score (nSPS) is 11.0. The molecule has 0 fully saturated rings. The molecule has 1 amide bonds. The van der Waals surface area contributed by atoms with E-state index in [0.717, 1.165) is 28.7 Å². The van der Waals surface area contributed by atoms with Gasteiger partial charge in [0.2, 0.25) is 5.91 Å². The summed E-state index contributed by atoms with van der Waals surface area (Å²) in [5, 5.41) is 1.00. The first-order valence-corrected chi connectivity index (χ1v) is 7.12. The van der Waals surface area contributed by atoms with E-state index in [1.165, 1.54) is 0 Å². The molecule has 0 spiro atoms. The maximum absolute atomic E-state index is 11.4. The molecule has 1 heterocycles. The lowest BCUT2D eigenvalue weighted by Gasteiger charge is -2.28. The number of pyridine rings is 1. The van der Waals surface area contributed by atoms with Crippen molar-refractivity contribution in [2.75, 3.05) is 18.0 Å². The Morgan fingerprint density at radius 3 is 2.67 bits per heavy atom. The van der Waals surface area contributed by atoms with E-state index in [4.69, 9.17) is 11.5 Å². The molecule has 21 heavy (non-hydrogen) atoms. The summed E-state index contributed by atoms with van der Waals surface area (Å²) in [6, 6.07) is 7.87. The van der Waals surface area contributed by atoms with Crippen molar-refractivity contribution >= 4 is 22.5 Å². The molecule has 0 bridgehead atoms. The largest absolute Gasteiger partial charge is 0.368 e. The quantitative estimate of drug-likeness (QED) is 0.845. The number of nitrogens with two attached hydrogens (primary N) is 2. The molecular formula is C16H22N4O. The first kappa shape index (κ1) is 15.3. The number of benzene rings is 1. The average Bonchev–Trinajstić information content (AvgIpc) is 2.44. The van der Waals surface area contributed by atoms with Crippen molar-refractivity contribution in [2.45, 2.75) is 20.4 Å². The van der Waals surface area contributed by atoms with Crippen molar-refractivity contribution in [3.8, 4) is 0 Å². The fraction of sp³-hybridized carbons (Fsp3) is 0.375. The number of fused-ring (bicyclic) bond motifs is 1. The molecule has 0 atom stereocenters. The van der Waals surface area contributed by atoms with Crippen LogP contribution in [0.15, 0.2) is 30.5 Å². The van der Waals surface area contributed by atoms with Crippen molar-refractivity contribution in [3.05, 3.63) is 36.0 Å². The number of amides is 1. The monoisotopic (exact) mass is 286 g/mol. The predicted molar refractivity (Wildman–Crippen MR) is 85.9 cm³/mol. The van der Waals surface area contributed by atoms with Crippen molar-refractivity contribution in [1.82, 2.24) is 4.98 Å². The van der Waals surface area contributed by atoms with Crippen LogP contribution < -0.4 is 16.4 Å². The third-order valence-electron chi connectivity index (χ3n) is 3.29. The third kappa shape index (κ3) is 3.49. The molecule has 5 heteroatoms. The highest BCUT2D eigenvalue weighted by atomic mass is 16.1. The van der Waals surface area contributed by atoms with Crippen LogP contribution in [0.25, 0.3) is 10.9 Å². The first-order chi connectivity index (χ1) is 10.0. The SMILES string of the molecule is CC(C)CN(CC(N)=O)c1c(CN)cnc2ccccc12. The number of carbonyl (C=O) groups excluding carboxylic acids is 1. The first-order valence-electron chi connectivity index (χ1n) is 7.12. The summed E-state index contributed by atoms with van der Waals surface area (Å²) in [5.41, 5.74) is 14.1. The number of hydrogen-bond donors (Lipinski definition) is 2. The molecule has 0 saturated carbocycles. The highest BCUT2D eigenvalue weighted by Crippen LogP contribution is 2.29. The fourth-order valence-corrected chi connectivity index (χ4v) is 2.55. The lowest BCUT2D eigenvalue weighted by molar-refractivity contribution is -0.116. The number of primary amides is 1. The number of anilines is 1. The zero-order chi connectivity index (χ0) is 15.4. The Morgan fingerprint density at radius 1 is 1.33 bits per heavy atom. The summed E-state index contributed by atoms with van der Waals surface area (Å²) >= 11 is 0. The van der Waals surface area contributed by atoms with Crippen LogP contribution in [0.2, 0.25) is 0 Å². The lowest BCUT2D eigenvalue weighted by Crippen LogP contribution is -2.37. The van der Waals surface area contributed by atoms with Gasteiger partial charge in [-0.3, -0.25) is 9.78 Å². The number of nitrogens with zero attached hydrogens (tertiary/aromatic N) is 2. The minimum absolute atomic E-state index is 0.180. The molecule has 0 aliphatic carbocycles. The summed E-state index contributed by atoms with van der Waals surface area (Å²) in [7, 11) is 0. The van der Waals surface area contributed by atoms with E-state index in [0.29, 0.717) is 12.5 Å². The molecule has 0 aliphatic heterocycles. The Bertz CT molecular complexity index is 639. The molecule has 2 rings (SSSR count). The number of hydrogen-bond acceptors (Lipinski definition) is 4. The smallest absolute Gasteiger partial charge is 0.236 e. The number of para-hydroxylation sites is 1. The summed E-state index contributed by atoms with van der Waals surface area (Å²) in [6.07, 6.45) is 1.78. The van der Waals surface area contributed by atoms with Gasteiger partial charge in [-0.2, -0.15) is 0 Å². The Kier molecular flexibility index (Phi) is 4.75. The van der Waals surface area contributed by atoms with Gasteiger partial charge in [-0.15, -0.1) is 0 Å². The molecule has 1 aromatic carbocycles. The van der Waals surface area contributed by atoms with Crippen LogP contribution in [-0.2, 0) is 11.3 Å². The van der Waals surface area contributed by atoms with E-state index in [9.17, 15) is 4.79 Å². The second-order valence-corrected chi connectivity index (χ2v) is 5.59. The van der Waals surface area contributed by atoms with Gasteiger partial charge in [0.05, 0.1) is 17.7 Å². The number of aromatic nitrogens is 1. The summed E-state index contributed by atoms with van der Waals surface area (Å²) in [4.78, 5) is 17.9. The van der Waals surface area contributed by atoms with Gasteiger partial charge in [0.25, 0.3) is 0 Å². The van der Waals surface area contributed by atoms with Crippen molar-refractivity contribution < 1.29 is 4.79 Å². The Balaban J connectivity index is 2.60. The van der Waals surface area contributed by atoms with Gasteiger partial charge in [-0.1, -0.05) is 32.0 Å². The van der Waals surface area contributed by atoms with Crippen LogP contribution >= 0.6 is 0 Å². The standard InChI is InChI=1S/C16H22N4O/c1-11(2)9-20(10-15(18)21)16-12(7-17)8-19-14-6-4-3-5-13(14)16/h3-6,8,11H,7,9-10,17H2,1-2H3,(H2,18,21). The van der Waals surface area contributed by atoms with E-state index in [-0.39, 0.29) is 12.5 Å². The van der Waals surface area contributed by atoms with E-state index in [1.54, 1.807) is 6.20 Å². The minimum Gasteiger partial charge on any atom is -0.368 e. The summed E-state index contributed by atoms with van der Waals surface area (Å²) in [5.74, 6) is 0.0569. The van der Waals surface area contributed by atoms with Gasteiger partial charge in [0.1, 0.15) is 0 Å². The second-order valence-electron chi connectivity index (χ2n) is 5.59. The molecular weight excluding hydrogens is 264 g/mol. The molecule has 2 aromatic rings. The molecule has 0 unspecified atom stereocenters. The van der Waals surface area contributed by atoms with Crippen LogP contribution in [0, 0.1) is 5.92 Å². The Labute approximate surface area is 124 Å². The predicted octanol–water partition coefficient (Wildman–Crippen LogP) is 1.64. The molecule has 1 aromatic heterocycles. The van der Waals surface area contributed by atoms with Crippen LogP contribution in [0.5, 0.6) is 0 Å². The molecule has 4 N–H and O–H groups in total. The molecule has 0 aliphatic rings. The fourth-order valence-electron chi connectivity index (χ4n) is 2.55. The van der Waals surface area contributed by atoms with Crippen molar-refractivity contribution in [3.63, 3.8) is 0 Å². The number of rotatable bonds is 6. The van der Waals surface area contributed by atoms with Gasteiger partial charge >= 0.3 is 0 Å². The molecule has 5 nitrogen and oxygen atoms in total. The van der Waals surface area contributed by atoms with Gasteiger partial charge in [0.15, 0.2) is 0 Å². The third-order valence-corrected chi connectivity index (χ3v) is 3.29. The zero-order valence-corrected chi connectivity index (χ0v) is 12.5. The average molecular weight is 286 g/mol. The maximum Gasteiger partial charge on any atom is 0.236 e. The van der Waals surface area contributed by atoms with Crippen LogP contribution in [0.4, 0.5) is 5.69 Å². The molecule has 0 radical (unpaired) electrons. The van der Waals surface area contributed by atoms with Gasteiger partial charge in [-0.25, -0.2) is 0 Å². The highest BCUT2D eigenvalue weighted by molar-refractivity contribution is 5.95. The van der Waals surface area contributed by atoms with E-state index in [2.05, 4.69) is 18.8 Å². The van der Waals surface area contributed by atoms with Crippen LogP contribution in [-0.4, -0.2) is 24.0 Å². The highest BCUT2D eigenvalue weighted by Gasteiger charge is 2.17. The van der Waals surface area contributed by atoms with Crippen LogP contribution in [0.3, 0.4) is 0 Å². The summed E-state index contributed by atoms with van der Waals surface area (Å²) < 4.78 is 0. The topological polar surface area (TPSA) is 85.2 Å². The Hall–Kier alpha value is -2.14. The van der Waals surface area contributed by atoms with E-state index in [1.807, 2.05) is 29.2 Å². The van der Waals surface area contributed by atoms with Gasteiger partial charge in [0, 0.05) is 30.2 Å².